The maximum atomic E-state index is 12.2. The van der Waals surface area contributed by atoms with Crippen LogP contribution in [0, 0.1) is 5.92 Å². The predicted molar refractivity (Wildman–Crippen MR) is 216 cm³/mol. The van der Waals surface area contributed by atoms with Crippen molar-refractivity contribution in [2.75, 3.05) is 5.75 Å². The van der Waals surface area contributed by atoms with Crippen LogP contribution in [0.15, 0.2) is 143 Å². The fourth-order valence-corrected chi connectivity index (χ4v) is 7.77. The molecule has 9 nitrogen and oxygen atoms in total. The largest absolute Gasteiger partial charge is 0.481 e. The van der Waals surface area contributed by atoms with Crippen molar-refractivity contribution < 1.29 is 33.7 Å². The highest BCUT2D eigenvalue weighted by Gasteiger charge is 2.38. The number of hydrogen-bond acceptors (Lipinski definition) is 8. The minimum atomic E-state index is -0.905. The number of carboxylic acids is 1. The quantitative estimate of drug-likeness (QED) is 0.0875. The molecule has 1 aliphatic rings. The number of amides is 1. The van der Waals surface area contributed by atoms with E-state index in [2.05, 4.69) is 12.2 Å². The topological polar surface area (TPSA) is 131 Å². The summed E-state index contributed by atoms with van der Waals surface area (Å²) in [4.78, 5) is 27.9. The number of aliphatic hydroxyl groups excluding tert-OH is 1. The van der Waals surface area contributed by atoms with E-state index >= 15 is 0 Å². The summed E-state index contributed by atoms with van der Waals surface area (Å²) in [6, 6.07) is 44.1. The molecule has 0 radical (unpaired) electrons. The average Bonchev–Trinajstić information content (AvgIpc) is 3.68. The molecule has 0 spiro atoms. The number of carbonyl (C=O) groups excluding carboxylic acids is 1. The number of hydrogen-bond donors (Lipinski definition) is 3. The Morgan fingerprint density at radius 1 is 0.732 bits per heavy atom. The van der Waals surface area contributed by atoms with Crippen LogP contribution in [-0.4, -0.2) is 38.9 Å². The lowest BCUT2D eigenvalue weighted by molar-refractivity contribution is -0.268. The second kappa shape index (κ2) is 18.4. The molecular formula is C46H44N2O7S. The van der Waals surface area contributed by atoms with Crippen LogP contribution in [0.25, 0.3) is 33.7 Å². The number of carboxylic acid groups (broad SMARTS) is 1. The number of aliphatic carboxylic acids is 1. The molecule has 3 N–H and O–H groups in total. The van der Waals surface area contributed by atoms with Gasteiger partial charge in [-0.3, -0.25) is 9.59 Å². The highest BCUT2D eigenvalue weighted by atomic mass is 32.2. The van der Waals surface area contributed by atoms with Crippen LogP contribution in [0.2, 0.25) is 0 Å². The van der Waals surface area contributed by atoms with Gasteiger partial charge in [-0.05, 0) is 40.3 Å². The van der Waals surface area contributed by atoms with Gasteiger partial charge in [-0.2, -0.15) is 0 Å². The molecular weight excluding hydrogens is 725 g/mol. The molecule has 1 fully saturated rings. The lowest BCUT2D eigenvalue weighted by atomic mass is 9.91. The van der Waals surface area contributed by atoms with Gasteiger partial charge in [-0.1, -0.05) is 146 Å². The van der Waals surface area contributed by atoms with E-state index in [0.29, 0.717) is 23.9 Å². The summed E-state index contributed by atoms with van der Waals surface area (Å²) >= 11 is 1.53. The van der Waals surface area contributed by atoms with Crippen molar-refractivity contribution in [3.05, 3.63) is 156 Å². The number of carbonyl (C=O) groups is 2. The summed E-state index contributed by atoms with van der Waals surface area (Å²) in [5.74, 6) is 0.212. The van der Waals surface area contributed by atoms with Gasteiger partial charge in [0, 0.05) is 47.7 Å². The first-order chi connectivity index (χ1) is 27.3. The van der Waals surface area contributed by atoms with E-state index in [0.717, 1.165) is 56.0 Å². The number of nitrogens with zero attached hydrogens (tertiary/aromatic N) is 1. The van der Waals surface area contributed by atoms with E-state index in [1.165, 1.54) is 11.8 Å². The monoisotopic (exact) mass is 768 g/mol. The molecule has 286 valence electrons. The number of oxazole rings is 1. The van der Waals surface area contributed by atoms with E-state index in [9.17, 15) is 14.7 Å². The molecule has 0 saturated carbocycles. The molecule has 0 aliphatic carbocycles. The highest BCUT2D eigenvalue weighted by Crippen LogP contribution is 2.44. The van der Waals surface area contributed by atoms with Gasteiger partial charge in [0.25, 0.3) is 5.22 Å². The second-order valence-corrected chi connectivity index (χ2v) is 14.8. The van der Waals surface area contributed by atoms with E-state index in [4.69, 9.17) is 24.0 Å². The maximum Gasteiger partial charge on any atom is 0.303 e. The van der Waals surface area contributed by atoms with Crippen LogP contribution in [0.3, 0.4) is 0 Å². The fourth-order valence-electron chi connectivity index (χ4n) is 6.79. The van der Waals surface area contributed by atoms with E-state index in [-0.39, 0.29) is 43.5 Å². The Morgan fingerprint density at radius 3 is 2.11 bits per heavy atom. The SMILES string of the molecule is C[C@@H]1[C@H](CSc2nc(-c3ccccc3)c(-c3ccccc3)o2)O[C@H](c2ccc(-c3cccc(CNC(=O)CCCC(=O)O)c3)cc2)O[C@@H]1c1ccc(CO)cc1. The Balaban J connectivity index is 1.09. The maximum absolute atomic E-state index is 12.2. The van der Waals surface area contributed by atoms with Gasteiger partial charge in [-0.15, -0.1) is 0 Å². The fraction of sp³-hybridized carbons (Fsp3) is 0.239. The van der Waals surface area contributed by atoms with Gasteiger partial charge < -0.3 is 29.4 Å². The van der Waals surface area contributed by atoms with E-state index in [1.54, 1.807) is 0 Å². The number of aromatic nitrogens is 1. The predicted octanol–water partition coefficient (Wildman–Crippen LogP) is 9.62. The standard InChI is InChI=1S/C46H44N2O7S/c1-30-39(29-56-46-48-42(34-11-4-2-5-12-34)44(55-46)35-13-6-3-7-14-35)53-45(54-43(30)36-20-18-31(28-49)19-21-36)37-24-22-33(23-25-37)38-15-8-10-32(26-38)27-47-40(50)16-9-17-41(51)52/h2-8,10-15,18-26,30,39,43,45,49H,9,16-17,27-29H2,1H3,(H,47,50)(H,51,52)/t30-,39+,43+,45+/m1/s1. The molecule has 6 aromatic rings. The third-order valence-corrected chi connectivity index (χ3v) is 10.8. The molecule has 10 heteroatoms. The molecule has 0 bridgehead atoms. The first-order valence-electron chi connectivity index (χ1n) is 18.8. The number of benzene rings is 5. The number of ether oxygens (including phenoxy) is 2. The Labute approximate surface area is 330 Å². The van der Waals surface area contributed by atoms with Gasteiger partial charge in [0.05, 0.1) is 18.8 Å². The first-order valence-corrected chi connectivity index (χ1v) is 19.8. The Morgan fingerprint density at radius 2 is 1.41 bits per heavy atom. The van der Waals surface area contributed by atoms with Crippen molar-refractivity contribution in [1.29, 1.82) is 0 Å². The minimum absolute atomic E-state index is 0.0180. The van der Waals surface area contributed by atoms with Gasteiger partial charge in [0.15, 0.2) is 12.1 Å². The zero-order valence-electron chi connectivity index (χ0n) is 31.0. The third-order valence-electron chi connectivity index (χ3n) is 9.91. The summed E-state index contributed by atoms with van der Waals surface area (Å²) in [7, 11) is 0. The van der Waals surface area contributed by atoms with Gasteiger partial charge in [-0.25, -0.2) is 4.98 Å². The smallest absolute Gasteiger partial charge is 0.303 e. The normalized spacial score (nSPS) is 18.0. The van der Waals surface area contributed by atoms with Crippen LogP contribution < -0.4 is 5.32 Å². The molecule has 2 heterocycles. The number of thioether (sulfide) groups is 1. The zero-order valence-corrected chi connectivity index (χ0v) is 31.9. The van der Waals surface area contributed by atoms with E-state index in [1.807, 2.05) is 133 Å². The van der Waals surface area contributed by atoms with Crippen molar-refractivity contribution in [1.82, 2.24) is 10.3 Å². The van der Waals surface area contributed by atoms with Crippen molar-refractivity contribution in [2.24, 2.45) is 5.92 Å². The summed E-state index contributed by atoms with van der Waals surface area (Å²) < 4.78 is 19.9. The number of rotatable bonds is 15. The summed E-state index contributed by atoms with van der Waals surface area (Å²) in [6.07, 6.45) is -0.669. The lowest BCUT2D eigenvalue weighted by Crippen LogP contribution is -2.38. The van der Waals surface area contributed by atoms with Crippen molar-refractivity contribution in [2.45, 2.75) is 63.1 Å². The van der Waals surface area contributed by atoms with Crippen molar-refractivity contribution in [3.63, 3.8) is 0 Å². The van der Waals surface area contributed by atoms with Crippen LogP contribution in [0.1, 0.15) is 60.8 Å². The zero-order chi connectivity index (χ0) is 38.9. The molecule has 1 aromatic heterocycles. The van der Waals surface area contributed by atoms with Crippen molar-refractivity contribution in [3.8, 4) is 33.7 Å². The van der Waals surface area contributed by atoms with Gasteiger partial charge >= 0.3 is 5.97 Å². The summed E-state index contributed by atoms with van der Waals surface area (Å²) in [5.41, 5.74) is 8.41. The van der Waals surface area contributed by atoms with Crippen LogP contribution in [0.4, 0.5) is 0 Å². The number of aliphatic hydroxyl groups is 1. The van der Waals surface area contributed by atoms with Gasteiger partial charge in [0.1, 0.15) is 5.69 Å². The third kappa shape index (κ3) is 9.64. The molecule has 5 aromatic carbocycles. The minimum Gasteiger partial charge on any atom is -0.481 e. The Bertz CT molecular complexity index is 2150. The Hall–Kier alpha value is -5.52. The molecule has 56 heavy (non-hydrogen) atoms. The molecule has 1 amide bonds. The van der Waals surface area contributed by atoms with E-state index < -0.39 is 12.3 Å². The highest BCUT2D eigenvalue weighted by molar-refractivity contribution is 7.99. The average molecular weight is 769 g/mol. The Kier molecular flexibility index (Phi) is 12.7. The van der Waals surface area contributed by atoms with Gasteiger partial charge in [0.2, 0.25) is 5.91 Å². The summed E-state index contributed by atoms with van der Waals surface area (Å²) in [5, 5.41) is 22.0. The molecule has 1 saturated heterocycles. The number of nitrogens with one attached hydrogen (secondary N) is 1. The first kappa shape index (κ1) is 38.7. The van der Waals surface area contributed by atoms with Crippen LogP contribution >= 0.6 is 11.8 Å². The lowest BCUT2D eigenvalue weighted by Gasteiger charge is -2.41. The van der Waals surface area contributed by atoms with Crippen molar-refractivity contribution >= 4 is 23.6 Å². The molecule has 1 aliphatic heterocycles. The second-order valence-electron chi connectivity index (χ2n) is 13.9. The molecule has 0 unspecified atom stereocenters. The van der Waals surface area contributed by atoms with Crippen LogP contribution in [0.5, 0.6) is 0 Å². The molecule has 7 rings (SSSR count). The van der Waals surface area contributed by atoms with Crippen LogP contribution in [-0.2, 0) is 32.2 Å². The summed E-state index contributed by atoms with van der Waals surface area (Å²) in [6.45, 7) is 2.46. The molecule has 4 atom stereocenters.